The van der Waals surface area contributed by atoms with Crippen LogP contribution in [0.3, 0.4) is 0 Å². The fourth-order valence-corrected chi connectivity index (χ4v) is 1.94. The van der Waals surface area contributed by atoms with Gasteiger partial charge in [-0.05, 0) is 44.9 Å². The molecular formula is C13H20F2N2O. The van der Waals surface area contributed by atoms with Gasteiger partial charge in [0.1, 0.15) is 11.6 Å². The molecule has 0 saturated carbocycles. The second-order valence-electron chi connectivity index (χ2n) is 4.74. The highest BCUT2D eigenvalue weighted by Gasteiger charge is 2.29. The first-order valence-electron chi connectivity index (χ1n) is 5.94. The van der Waals surface area contributed by atoms with E-state index in [0.29, 0.717) is 18.6 Å². The summed E-state index contributed by atoms with van der Waals surface area (Å²) in [5.41, 5.74) is 2.67. The average molecular weight is 258 g/mol. The van der Waals surface area contributed by atoms with Gasteiger partial charge in [-0.25, -0.2) is 8.78 Å². The number of hydrogen-bond donors (Lipinski definition) is 2. The van der Waals surface area contributed by atoms with Crippen LogP contribution in [0.25, 0.3) is 0 Å². The number of rotatable bonds is 6. The SMILES string of the molecule is CCOC(C)(C)C(Cc1cc(F)cc(F)c1)NN. The lowest BCUT2D eigenvalue weighted by Gasteiger charge is -2.33. The summed E-state index contributed by atoms with van der Waals surface area (Å²) in [5, 5.41) is 0. The fraction of sp³-hybridized carbons (Fsp3) is 0.538. The van der Waals surface area contributed by atoms with Crippen molar-refractivity contribution in [3.63, 3.8) is 0 Å². The van der Waals surface area contributed by atoms with Crippen molar-refractivity contribution in [3.8, 4) is 0 Å². The van der Waals surface area contributed by atoms with Gasteiger partial charge in [0, 0.05) is 12.7 Å². The van der Waals surface area contributed by atoms with Crippen molar-refractivity contribution in [3.05, 3.63) is 35.4 Å². The van der Waals surface area contributed by atoms with Crippen molar-refractivity contribution in [2.45, 2.75) is 38.8 Å². The Morgan fingerprint density at radius 1 is 1.28 bits per heavy atom. The maximum Gasteiger partial charge on any atom is 0.126 e. The molecule has 0 amide bonds. The molecule has 3 N–H and O–H groups in total. The molecule has 1 rings (SSSR count). The van der Waals surface area contributed by atoms with E-state index < -0.39 is 17.2 Å². The minimum absolute atomic E-state index is 0.237. The van der Waals surface area contributed by atoms with Crippen LogP contribution in [0, 0.1) is 11.6 Å². The van der Waals surface area contributed by atoms with Crippen molar-refractivity contribution >= 4 is 0 Å². The van der Waals surface area contributed by atoms with Gasteiger partial charge in [-0.1, -0.05) is 0 Å². The first kappa shape index (κ1) is 15.0. The third-order valence-electron chi connectivity index (χ3n) is 2.92. The Bertz CT molecular complexity index is 376. The number of hydrazine groups is 1. The van der Waals surface area contributed by atoms with Gasteiger partial charge in [0.25, 0.3) is 0 Å². The second kappa shape index (κ2) is 6.22. The van der Waals surface area contributed by atoms with Crippen LogP contribution in [-0.2, 0) is 11.2 Å². The van der Waals surface area contributed by atoms with E-state index in [9.17, 15) is 8.78 Å². The van der Waals surface area contributed by atoms with Gasteiger partial charge in [0.2, 0.25) is 0 Å². The normalized spacial score (nSPS) is 13.7. The maximum absolute atomic E-state index is 13.1. The predicted molar refractivity (Wildman–Crippen MR) is 66.9 cm³/mol. The largest absolute Gasteiger partial charge is 0.374 e. The van der Waals surface area contributed by atoms with Crippen molar-refractivity contribution in [1.29, 1.82) is 0 Å². The summed E-state index contributed by atoms with van der Waals surface area (Å²) in [6.45, 7) is 6.20. The molecule has 0 aliphatic carbocycles. The Balaban J connectivity index is 2.85. The molecule has 1 unspecified atom stereocenters. The molecule has 5 heteroatoms. The lowest BCUT2D eigenvalue weighted by Crippen LogP contribution is -2.52. The summed E-state index contributed by atoms with van der Waals surface area (Å²) in [5.74, 6) is 4.32. The quantitative estimate of drug-likeness (QED) is 0.607. The second-order valence-corrected chi connectivity index (χ2v) is 4.74. The fourth-order valence-electron chi connectivity index (χ4n) is 1.94. The molecule has 0 spiro atoms. The standard InChI is InChI=1S/C13H20F2N2O/c1-4-18-13(2,3)12(17-16)7-9-5-10(14)8-11(15)6-9/h5-6,8,12,17H,4,7,16H2,1-3H3. The van der Waals surface area contributed by atoms with E-state index in [1.807, 2.05) is 20.8 Å². The number of ether oxygens (including phenoxy) is 1. The number of benzene rings is 1. The van der Waals surface area contributed by atoms with Crippen LogP contribution in [-0.4, -0.2) is 18.2 Å². The first-order valence-corrected chi connectivity index (χ1v) is 5.94. The first-order chi connectivity index (χ1) is 8.39. The third-order valence-corrected chi connectivity index (χ3v) is 2.92. The molecule has 0 heterocycles. The van der Waals surface area contributed by atoms with Gasteiger partial charge in [-0.2, -0.15) is 0 Å². The lowest BCUT2D eigenvalue weighted by molar-refractivity contribution is -0.0381. The number of nitrogens with two attached hydrogens (primary N) is 1. The van der Waals surface area contributed by atoms with Gasteiger partial charge in [0.05, 0.1) is 11.6 Å². The summed E-state index contributed by atoms with van der Waals surface area (Å²) < 4.78 is 31.8. The molecule has 0 aliphatic heterocycles. The summed E-state index contributed by atoms with van der Waals surface area (Å²) in [6, 6.07) is 3.21. The van der Waals surface area contributed by atoms with E-state index in [2.05, 4.69) is 5.43 Å². The van der Waals surface area contributed by atoms with Crippen LogP contribution >= 0.6 is 0 Å². The molecule has 0 fully saturated rings. The van der Waals surface area contributed by atoms with E-state index >= 15 is 0 Å². The van der Waals surface area contributed by atoms with Gasteiger partial charge in [-0.3, -0.25) is 11.3 Å². The van der Waals surface area contributed by atoms with Crippen LogP contribution in [0.2, 0.25) is 0 Å². The molecule has 0 bridgehead atoms. The highest BCUT2D eigenvalue weighted by atomic mass is 19.1. The number of halogens is 2. The Kier molecular flexibility index (Phi) is 5.19. The van der Waals surface area contributed by atoms with Crippen LogP contribution in [0.4, 0.5) is 8.78 Å². The molecule has 0 aliphatic rings. The van der Waals surface area contributed by atoms with Gasteiger partial charge in [-0.15, -0.1) is 0 Å². The Hall–Kier alpha value is -1.04. The molecular weight excluding hydrogens is 238 g/mol. The summed E-state index contributed by atoms with van der Waals surface area (Å²) >= 11 is 0. The molecule has 1 atom stereocenters. The third kappa shape index (κ3) is 4.01. The van der Waals surface area contributed by atoms with E-state index in [1.54, 1.807) is 0 Å². The van der Waals surface area contributed by atoms with E-state index in [1.165, 1.54) is 12.1 Å². The van der Waals surface area contributed by atoms with Crippen LogP contribution in [0.1, 0.15) is 26.3 Å². The van der Waals surface area contributed by atoms with Crippen LogP contribution < -0.4 is 11.3 Å². The molecule has 0 saturated heterocycles. The molecule has 1 aromatic carbocycles. The van der Waals surface area contributed by atoms with Crippen molar-refractivity contribution in [1.82, 2.24) is 5.43 Å². The topological polar surface area (TPSA) is 47.3 Å². The molecule has 18 heavy (non-hydrogen) atoms. The highest BCUT2D eigenvalue weighted by Crippen LogP contribution is 2.19. The Morgan fingerprint density at radius 3 is 2.28 bits per heavy atom. The maximum atomic E-state index is 13.1. The summed E-state index contributed by atoms with van der Waals surface area (Å²) in [7, 11) is 0. The molecule has 1 aromatic rings. The van der Waals surface area contributed by atoms with Gasteiger partial charge < -0.3 is 4.74 Å². The predicted octanol–water partition coefficient (Wildman–Crippen LogP) is 2.15. The van der Waals surface area contributed by atoms with Crippen molar-refractivity contribution in [2.24, 2.45) is 5.84 Å². The Labute approximate surface area is 106 Å². The van der Waals surface area contributed by atoms with Crippen LogP contribution in [0.5, 0.6) is 0 Å². The zero-order chi connectivity index (χ0) is 13.8. The van der Waals surface area contributed by atoms with E-state index in [4.69, 9.17) is 10.6 Å². The van der Waals surface area contributed by atoms with Gasteiger partial charge in [0.15, 0.2) is 0 Å². The van der Waals surface area contributed by atoms with Crippen molar-refractivity contribution < 1.29 is 13.5 Å². The summed E-state index contributed by atoms with van der Waals surface area (Å²) in [6.07, 6.45) is 0.387. The highest BCUT2D eigenvalue weighted by molar-refractivity contribution is 5.19. The lowest BCUT2D eigenvalue weighted by atomic mass is 9.92. The van der Waals surface area contributed by atoms with Gasteiger partial charge >= 0.3 is 0 Å². The number of nitrogens with one attached hydrogen (secondary N) is 1. The zero-order valence-electron chi connectivity index (χ0n) is 11.0. The van der Waals surface area contributed by atoms with E-state index in [0.717, 1.165) is 6.07 Å². The number of hydrogen-bond acceptors (Lipinski definition) is 3. The molecule has 102 valence electrons. The summed E-state index contributed by atoms with van der Waals surface area (Å²) in [4.78, 5) is 0. The monoisotopic (exact) mass is 258 g/mol. The van der Waals surface area contributed by atoms with Crippen LogP contribution in [0.15, 0.2) is 18.2 Å². The minimum atomic E-state index is -0.588. The Morgan fingerprint density at radius 2 is 1.83 bits per heavy atom. The molecule has 3 nitrogen and oxygen atoms in total. The zero-order valence-corrected chi connectivity index (χ0v) is 11.0. The average Bonchev–Trinajstić information content (AvgIpc) is 2.24. The van der Waals surface area contributed by atoms with Crippen molar-refractivity contribution in [2.75, 3.05) is 6.61 Å². The molecule has 0 radical (unpaired) electrons. The van der Waals surface area contributed by atoms with E-state index in [-0.39, 0.29) is 6.04 Å². The molecule has 0 aromatic heterocycles. The smallest absolute Gasteiger partial charge is 0.126 e. The minimum Gasteiger partial charge on any atom is -0.374 e.